The number of nitrogens with one attached hydrogen (secondary N) is 1. The summed E-state index contributed by atoms with van der Waals surface area (Å²) < 4.78 is 42.8. The number of nitro groups is 1. The second-order valence-electron chi connectivity index (χ2n) is 5.69. The zero-order valence-electron chi connectivity index (χ0n) is 15.0. The molecule has 0 spiro atoms. The van der Waals surface area contributed by atoms with Gasteiger partial charge in [-0.1, -0.05) is 30.3 Å². The third kappa shape index (κ3) is 5.90. The predicted molar refractivity (Wildman–Crippen MR) is 97.7 cm³/mol. The van der Waals surface area contributed by atoms with E-state index in [1.807, 2.05) is 5.32 Å². The molecule has 0 fully saturated rings. The molecule has 11 heteroatoms. The van der Waals surface area contributed by atoms with Crippen LogP contribution in [0.3, 0.4) is 0 Å². The van der Waals surface area contributed by atoms with Crippen LogP contribution in [-0.4, -0.2) is 23.4 Å². The molecule has 0 saturated carbocycles. The minimum Gasteiger partial charge on any atom is -0.451 e. The molecule has 0 saturated heterocycles. The van der Waals surface area contributed by atoms with E-state index in [1.165, 1.54) is 6.08 Å². The summed E-state index contributed by atoms with van der Waals surface area (Å²) in [4.78, 5) is 33.8. The number of hydrogen-bond donors (Lipinski definition) is 1. The fourth-order valence-corrected chi connectivity index (χ4v) is 2.21. The highest BCUT2D eigenvalue weighted by Crippen LogP contribution is 2.34. The van der Waals surface area contributed by atoms with Crippen LogP contribution in [0.5, 0.6) is 0 Å². The molecule has 2 rings (SSSR count). The maximum Gasteiger partial charge on any atom is 0.416 e. The molecule has 0 radical (unpaired) electrons. The molecule has 2 aromatic carbocycles. The largest absolute Gasteiger partial charge is 0.451 e. The summed E-state index contributed by atoms with van der Waals surface area (Å²) in [5.74, 6) is -2.15. The topological polar surface area (TPSA) is 122 Å². The summed E-state index contributed by atoms with van der Waals surface area (Å²) in [7, 11) is 0. The second-order valence-corrected chi connectivity index (χ2v) is 5.69. The number of esters is 1. The van der Waals surface area contributed by atoms with Crippen LogP contribution in [0.15, 0.2) is 54.1 Å². The van der Waals surface area contributed by atoms with Crippen molar-refractivity contribution >= 4 is 29.3 Å². The van der Waals surface area contributed by atoms with Crippen LogP contribution in [0, 0.1) is 21.4 Å². The Morgan fingerprint density at radius 1 is 1.20 bits per heavy atom. The minimum absolute atomic E-state index is 0.276. The van der Waals surface area contributed by atoms with Crippen LogP contribution in [0.2, 0.25) is 0 Å². The van der Waals surface area contributed by atoms with Gasteiger partial charge in [-0.3, -0.25) is 14.9 Å². The number of halogens is 3. The van der Waals surface area contributed by atoms with Crippen LogP contribution >= 0.6 is 0 Å². The molecule has 0 heterocycles. The number of nitrogens with zero attached hydrogens (tertiary/aromatic N) is 2. The lowest BCUT2D eigenvalue weighted by atomic mass is 10.1. The monoisotopic (exact) mass is 419 g/mol. The van der Waals surface area contributed by atoms with E-state index in [0.29, 0.717) is 11.6 Å². The van der Waals surface area contributed by atoms with Crippen LogP contribution < -0.4 is 5.32 Å². The molecular weight excluding hydrogens is 407 g/mol. The highest BCUT2D eigenvalue weighted by molar-refractivity contribution is 6.00. The first-order valence-corrected chi connectivity index (χ1v) is 8.11. The van der Waals surface area contributed by atoms with Gasteiger partial charge in [0.05, 0.1) is 10.5 Å². The van der Waals surface area contributed by atoms with E-state index in [9.17, 15) is 32.9 Å². The van der Waals surface area contributed by atoms with Gasteiger partial charge in [0.25, 0.3) is 11.6 Å². The summed E-state index contributed by atoms with van der Waals surface area (Å²) in [5, 5.41) is 22.1. The molecular formula is C19H12F3N3O5. The van der Waals surface area contributed by atoms with E-state index in [-0.39, 0.29) is 6.07 Å². The lowest BCUT2D eigenvalue weighted by Gasteiger charge is -2.10. The Balaban J connectivity index is 2.07. The molecule has 0 bridgehead atoms. The van der Waals surface area contributed by atoms with Crippen molar-refractivity contribution in [3.8, 4) is 6.07 Å². The van der Waals surface area contributed by atoms with Gasteiger partial charge < -0.3 is 10.1 Å². The van der Waals surface area contributed by atoms with Gasteiger partial charge >= 0.3 is 12.1 Å². The van der Waals surface area contributed by atoms with Crippen molar-refractivity contribution in [1.29, 1.82) is 5.26 Å². The Kier molecular flexibility index (Phi) is 6.87. The van der Waals surface area contributed by atoms with Gasteiger partial charge in [-0.25, -0.2) is 4.79 Å². The van der Waals surface area contributed by atoms with Gasteiger partial charge in [0, 0.05) is 6.07 Å². The predicted octanol–water partition coefficient (Wildman–Crippen LogP) is 3.70. The number of carbonyl (C=O) groups excluding carboxylic acids is 2. The molecule has 154 valence electrons. The van der Waals surface area contributed by atoms with Gasteiger partial charge in [-0.2, -0.15) is 18.4 Å². The molecule has 2 aromatic rings. The minimum atomic E-state index is -4.80. The number of alkyl halides is 3. The average molecular weight is 419 g/mol. The van der Waals surface area contributed by atoms with E-state index in [2.05, 4.69) is 4.74 Å². The molecule has 0 aliphatic carbocycles. The van der Waals surface area contributed by atoms with E-state index in [1.54, 1.807) is 36.4 Å². The molecule has 0 aliphatic heterocycles. The van der Waals surface area contributed by atoms with Crippen molar-refractivity contribution in [3.05, 3.63) is 75.3 Å². The van der Waals surface area contributed by atoms with Crippen LogP contribution in [-0.2, 0) is 20.5 Å². The molecule has 1 N–H and O–H groups in total. The molecule has 0 aromatic heterocycles. The smallest absolute Gasteiger partial charge is 0.416 e. The fraction of sp³-hybridized carbons (Fsp3) is 0.105. The SMILES string of the molecule is N#CC(=Cc1ccccc1)C(=O)OCC(=O)Nc1ccc(C(F)(F)F)cc1[N+](=O)[O-]. The van der Waals surface area contributed by atoms with Crippen LogP contribution in [0.1, 0.15) is 11.1 Å². The maximum absolute atomic E-state index is 12.7. The Labute approximate surface area is 167 Å². The maximum atomic E-state index is 12.7. The molecule has 30 heavy (non-hydrogen) atoms. The van der Waals surface area contributed by atoms with Crippen LogP contribution in [0.25, 0.3) is 6.08 Å². The Morgan fingerprint density at radius 3 is 2.43 bits per heavy atom. The van der Waals surface area contributed by atoms with Crippen molar-refractivity contribution < 1.29 is 32.4 Å². The number of amides is 1. The van der Waals surface area contributed by atoms with E-state index < -0.39 is 52.1 Å². The molecule has 8 nitrogen and oxygen atoms in total. The first-order valence-electron chi connectivity index (χ1n) is 8.11. The summed E-state index contributed by atoms with van der Waals surface area (Å²) >= 11 is 0. The summed E-state index contributed by atoms with van der Waals surface area (Å²) in [5.41, 5.74) is -2.60. The first-order chi connectivity index (χ1) is 14.1. The van der Waals surface area contributed by atoms with E-state index >= 15 is 0 Å². The zero-order valence-corrected chi connectivity index (χ0v) is 15.0. The number of rotatable bonds is 6. The summed E-state index contributed by atoms with van der Waals surface area (Å²) in [6.45, 7) is -0.912. The van der Waals surface area contributed by atoms with Crippen molar-refractivity contribution in [2.24, 2.45) is 0 Å². The lowest BCUT2D eigenvalue weighted by Crippen LogP contribution is -2.22. The van der Waals surface area contributed by atoms with Gasteiger partial charge in [-0.05, 0) is 23.8 Å². The van der Waals surface area contributed by atoms with Gasteiger partial charge in [0.2, 0.25) is 0 Å². The van der Waals surface area contributed by atoms with Crippen molar-refractivity contribution in [2.45, 2.75) is 6.18 Å². The van der Waals surface area contributed by atoms with Crippen molar-refractivity contribution in [2.75, 3.05) is 11.9 Å². The Hall–Kier alpha value is -4.20. The fourth-order valence-electron chi connectivity index (χ4n) is 2.21. The quantitative estimate of drug-likeness (QED) is 0.250. The Bertz CT molecular complexity index is 1040. The van der Waals surface area contributed by atoms with Crippen molar-refractivity contribution in [1.82, 2.24) is 0 Å². The third-order valence-electron chi connectivity index (χ3n) is 3.58. The van der Waals surface area contributed by atoms with Gasteiger partial charge in [0.15, 0.2) is 6.61 Å². The average Bonchev–Trinajstić information content (AvgIpc) is 2.70. The molecule has 0 unspecified atom stereocenters. The summed E-state index contributed by atoms with van der Waals surface area (Å²) in [6, 6.07) is 11.5. The molecule has 1 amide bonds. The Morgan fingerprint density at radius 2 is 1.87 bits per heavy atom. The van der Waals surface area contributed by atoms with Gasteiger partial charge in [-0.15, -0.1) is 0 Å². The highest BCUT2D eigenvalue weighted by atomic mass is 19.4. The number of benzene rings is 2. The molecule has 0 atom stereocenters. The second kappa shape index (κ2) is 9.33. The number of ether oxygens (including phenoxy) is 1. The number of carbonyl (C=O) groups is 2. The van der Waals surface area contributed by atoms with Gasteiger partial charge in [0.1, 0.15) is 17.3 Å². The number of hydrogen-bond acceptors (Lipinski definition) is 6. The lowest BCUT2D eigenvalue weighted by molar-refractivity contribution is -0.384. The highest BCUT2D eigenvalue weighted by Gasteiger charge is 2.33. The third-order valence-corrected chi connectivity index (χ3v) is 3.58. The molecule has 0 aliphatic rings. The number of anilines is 1. The van der Waals surface area contributed by atoms with E-state index in [0.717, 1.165) is 6.07 Å². The van der Waals surface area contributed by atoms with Crippen molar-refractivity contribution in [3.63, 3.8) is 0 Å². The van der Waals surface area contributed by atoms with E-state index in [4.69, 9.17) is 5.26 Å². The summed E-state index contributed by atoms with van der Waals surface area (Å²) in [6.07, 6.45) is -3.57. The first kappa shape index (κ1) is 22.1. The number of nitro benzene ring substituents is 1. The zero-order chi connectivity index (χ0) is 22.3. The standard InChI is InChI=1S/C19H12F3N3O5/c20-19(21,22)14-6-7-15(16(9-14)25(28)29)24-17(26)11-30-18(27)13(10-23)8-12-4-2-1-3-5-12/h1-9H,11H2,(H,24,26). The van der Waals surface area contributed by atoms with Crippen LogP contribution in [0.4, 0.5) is 24.5 Å². The number of nitriles is 1. The normalized spacial score (nSPS) is 11.3.